The van der Waals surface area contributed by atoms with Crippen LogP contribution in [0.15, 0.2) is 6.20 Å². The lowest BCUT2D eigenvalue weighted by molar-refractivity contribution is -0.384. The number of nitro groups is 1. The van der Waals surface area contributed by atoms with Gasteiger partial charge in [-0.3, -0.25) is 14.8 Å². The summed E-state index contributed by atoms with van der Waals surface area (Å²) in [7, 11) is 1.22. The van der Waals surface area contributed by atoms with Crippen molar-refractivity contribution in [1.82, 2.24) is 9.78 Å². The van der Waals surface area contributed by atoms with Crippen LogP contribution in [0.25, 0.3) is 0 Å². The molecule has 0 bridgehead atoms. The fraction of sp³-hybridized carbons (Fsp3) is 0.429. The number of esters is 1. The number of methoxy groups -OCH3 is 1. The highest BCUT2D eigenvalue weighted by molar-refractivity contribution is 6.31. The summed E-state index contributed by atoms with van der Waals surface area (Å²) in [6.45, 7) is 1.50. The maximum Gasteiger partial charge on any atom is 0.330 e. The molecule has 1 atom stereocenters. The van der Waals surface area contributed by atoms with Crippen molar-refractivity contribution in [3.63, 3.8) is 0 Å². The molecule has 1 unspecified atom stereocenters. The van der Waals surface area contributed by atoms with Crippen LogP contribution in [0.3, 0.4) is 0 Å². The molecule has 1 heterocycles. The Morgan fingerprint density at radius 3 is 2.80 bits per heavy atom. The number of carbonyl (C=O) groups is 1. The van der Waals surface area contributed by atoms with Crippen LogP contribution in [0, 0.1) is 10.1 Å². The maximum absolute atomic E-state index is 11.1. The third-order valence-electron chi connectivity index (χ3n) is 1.80. The maximum atomic E-state index is 11.1. The summed E-state index contributed by atoms with van der Waals surface area (Å²) in [5.41, 5.74) is -0.340. The molecule has 8 heteroatoms. The van der Waals surface area contributed by atoms with Gasteiger partial charge in [-0.05, 0) is 6.92 Å². The summed E-state index contributed by atoms with van der Waals surface area (Å²) in [5, 5.41) is 13.8. The van der Waals surface area contributed by atoms with E-state index in [9.17, 15) is 14.9 Å². The van der Waals surface area contributed by atoms with Gasteiger partial charge >= 0.3 is 11.7 Å². The van der Waals surface area contributed by atoms with E-state index in [0.717, 1.165) is 10.9 Å². The van der Waals surface area contributed by atoms with Gasteiger partial charge in [0.05, 0.1) is 12.0 Å². The lowest BCUT2D eigenvalue weighted by Crippen LogP contribution is -2.18. The van der Waals surface area contributed by atoms with Crippen LogP contribution in [0.4, 0.5) is 5.69 Å². The first kappa shape index (κ1) is 11.4. The standard InChI is InChI=1S/C7H8ClN3O4/c1-4(7(12)15-2)10-3-5(11(13)14)6(8)9-10/h3-4H,1-2H3. The van der Waals surface area contributed by atoms with E-state index in [4.69, 9.17) is 11.6 Å². The predicted molar refractivity (Wildman–Crippen MR) is 50.6 cm³/mol. The molecule has 7 nitrogen and oxygen atoms in total. The Hall–Kier alpha value is -1.63. The first-order valence-corrected chi connectivity index (χ1v) is 4.32. The number of rotatable bonds is 3. The molecule has 1 aromatic heterocycles. The molecule has 0 saturated heterocycles. The monoisotopic (exact) mass is 233 g/mol. The van der Waals surface area contributed by atoms with Crippen LogP contribution < -0.4 is 0 Å². The van der Waals surface area contributed by atoms with Gasteiger partial charge in [0.1, 0.15) is 12.2 Å². The van der Waals surface area contributed by atoms with Crippen LogP contribution in [0.5, 0.6) is 0 Å². The third-order valence-corrected chi connectivity index (χ3v) is 2.07. The topological polar surface area (TPSA) is 87.3 Å². The highest BCUT2D eigenvalue weighted by atomic mass is 35.5. The van der Waals surface area contributed by atoms with Crippen molar-refractivity contribution in [2.45, 2.75) is 13.0 Å². The number of hydrogen-bond acceptors (Lipinski definition) is 5. The molecule has 0 aromatic carbocycles. The zero-order valence-corrected chi connectivity index (χ0v) is 8.76. The highest BCUT2D eigenvalue weighted by Gasteiger charge is 2.23. The lowest BCUT2D eigenvalue weighted by atomic mass is 10.3. The van der Waals surface area contributed by atoms with Gasteiger partial charge in [-0.1, -0.05) is 11.6 Å². The predicted octanol–water partition coefficient (Wildman–Crippen LogP) is 1.18. The average molecular weight is 234 g/mol. The Balaban J connectivity index is 3.02. The number of ether oxygens (including phenoxy) is 1. The average Bonchev–Trinajstić information content (AvgIpc) is 2.58. The van der Waals surface area contributed by atoms with Gasteiger partial charge in [-0.15, -0.1) is 0 Å². The summed E-state index contributed by atoms with van der Waals surface area (Å²) < 4.78 is 5.55. The number of nitrogens with zero attached hydrogens (tertiary/aromatic N) is 3. The van der Waals surface area contributed by atoms with Crippen molar-refractivity contribution in [3.05, 3.63) is 21.5 Å². The molecule has 0 amide bonds. The van der Waals surface area contributed by atoms with Crippen molar-refractivity contribution in [2.24, 2.45) is 0 Å². The summed E-state index contributed by atoms with van der Waals surface area (Å²) in [6.07, 6.45) is 1.09. The number of carbonyl (C=O) groups excluding carboxylic acids is 1. The minimum atomic E-state index is -0.749. The van der Waals surface area contributed by atoms with E-state index >= 15 is 0 Å². The van der Waals surface area contributed by atoms with Crippen LogP contribution in [-0.4, -0.2) is 27.8 Å². The molecule has 0 aliphatic carbocycles. The van der Waals surface area contributed by atoms with E-state index in [-0.39, 0.29) is 10.8 Å². The SMILES string of the molecule is COC(=O)C(C)n1cc([N+](=O)[O-])c(Cl)n1. The van der Waals surface area contributed by atoms with Crippen molar-refractivity contribution in [1.29, 1.82) is 0 Å². The molecule has 1 rings (SSSR count). The first-order chi connectivity index (χ1) is 6.97. The van der Waals surface area contributed by atoms with Crippen molar-refractivity contribution >= 4 is 23.3 Å². The van der Waals surface area contributed by atoms with Gasteiger partial charge in [-0.2, -0.15) is 5.10 Å². The Labute approximate surface area is 89.7 Å². The summed E-state index contributed by atoms with van der Waals surface area (Å²) in [6, 6.07) is -0.749. The minimum absolute atomic E-state index is 0.254. The molecule has 15 heavy (non-hydrogen) atoms. The highest BCUT2D eigenvalue weighted by Crippen LogP contribution is 2.23. The molecule has 0 fully saturated rings. The molecule has 0 saturated carbocycles. The van der Waals surface area contributed by atoms with Crippen molar-refractivity contribution in [2.75, 3.05) is 7.11 Å². The molecule has 0 N–H and O–H groups in total. The van der Waals surface area contributed by atoms with Crippen LogP contribution in [-0.2, 0) is 9.53 Å². The molecular weight excluding hydrogens is 226 g/mol. The van der Waals surface area contributed by atoms with E-state index in [2.05, 4.69) is 9.84 Å². The van der Waals surface area contributed by atoms with Gasteiger partial charge in [0.15, 0.2) is 0 Å². The smallest absolute Gasteiger partial charge is 0.330 e. The normalized spacial score (nSPS) is 12.2. The third kappa shape index (κ3) is 2.24. The summed E-state index contributed by atoms with van der Waals surface area (Å²) >= 11 is 5.51. The second-order valence-corrected chi connectivity index (χ2v) is 3.10. The molecule has 0 aliphatic rings. The van der Waals surface area contributed by atoms with Gasteiger partial charge in [-0.25, -0.2) is 4.79 Å². The molecule has 0 radical (unpaired) electrons. The largest absolute Gasteiger partial charge is 0.467 e. The molecule has 0 aliphatic heterocycles. The molecular formula is C7H8ClN3O4. The van der Waals surface area contributed by atoms with Crippen molar-refractivity contribution < 1.29 is 14.5 Å². The van der Waals surface area contributed by atoms with Crippen molar-refractivity contribution in [3.8, 4) is 0 Å². The van der Waals surface area contributed by atoms with E-state index in [1.54, 1.807) is 0 Å². The first-order valence-electron chi connectivity index (χ1n) is 3.94. The van der Waals surface area contributed by atoms with E-state index in [1.807, 2.05) is 0 Å². The van der Waals surface area contributed by atoms with E-state index in [0.29, 0.717) is 0 Å². The van der Waals surface area contributed by atoms with Gasteiger partial charge in [0, 0.05) is 0 Å². The van der Waals surface area contributed by atoms with Crippen LogP contribution in [0.1, 0.15) is 13.0 Å². The summed E-state index contributed by atoms with van der Waals surface area (Å²) in [5.74, 6) is -0.552. The molecule has 82 valence electrons. The Kier molecular flexibility index (Phi) is 3.25. The molecule has 1 aromatic rings. The second kappa shape index (κ2) is 4.26. The fourth-order valence-corrected chi connectivity index (χ4v) is 1.16. The quantitative estimate of drug-likeness (QED) is 0.444. The Morgan fingerprint density at radius 1 is 1.80 bits per heavy atom. The van der Waals surface area contributed by atoms with Gasteiger partial charge < -0.3 is 4.74 Å². The number of halogens is 1. The fourth-order valence-electron chi connectivity index (χ4n) is 0.959. The van der Waals surface area contributed by atoms with Crippen LogP contribution >= 0.6 is 11.6 Å². The number of hydrogen-bond donors (Lipinski definition) is 0. The number of aromatic nitrogens is 2. The van der Waals surface area contributed by atoms with E-state index in [1.165, 1.54) is 14.0 Å². The van der Waals surface area contributed by atoms with E-state index < -0.39 is 16.9 Å². The Bertz CT molecular complexity index is 403. The van der Waals surface area contributed by atoms with Crippen LogP contribution in [0.2, 0.25) is 5.15 Å². The Morgan fingerprint density at radius 2 is 2.40 bits per heavy atom. The molecule has 0 spiro atoms. The van der Waals surface area contributed by atoms with Gasteiger partial charge in [0.25, 0.3) is 0 Å². The second-order valence-electron chi connectivity index (χ2n) is 2.74. The minimum Gasteiger partial charge on any atom is -0.467 e. The lowest BCUT2D eigenvalue weighted by Gasteiger charge is -2.07. The van der Waals surface area contributed by atoms with Gasteiger partial charge in [0.2, 0.25) is 5.15 Å². The zero-order chi connectivity index (χ0) is 11.6. The summed E-state index contributed by atoms with van der Waals surface area (Å²) in [4.78, 5) is 20.9. The zero-order valence-electron chi connectivity index (χ0n) is 8.01.